The van der Waals surface area contributed by atoms with Crippen LogP contribution in [0, 0.1) is 6.92 Å². The van der Waals surface area contributed by atoms with Crippen LogP contribution in [0.2, 0.25) is 0 Å². The fraction of sp³-hybridized carbons (Fsp3) is 0.417. The Bertz CT molecular complexity index is 460. The van der Waals surface area contributed by atoms with Gasteiger partial charge in [0.1, 0.15) is 5.82 Å². The molecule has 0 aliphatic heterocycles. The van der Waals surface area contributed by atoms with Gasteiger partial charge in [-0.2, -0.15) is 0 Å². The molecule has 0 aliphatic carbocycles. The summed E-state index contributed by atoms with van der Waals surface area (Å²) in [4.78, 5) is 28.0. The third-order valence-corrected chi connectivity index (χ3v) is 2.64. The normalized spacial score (nSPS) is 9.94. The highest BCUT2D eigenvalue weighted by molar-refractivity contribution is 5.89. The molecule has 0 spiro atoms. The number of aromatic nitrogens is 1. The lowest BCUT2D eigenvalue weighted by atomic mass is 10.2. The van der Waals surface area contributed by atoms with E-state index in [1.54, 1.807) is 24.9 Å². The van der Waals surface area contributed by atoms with E-state index >= 15 is 0 Å². The summed E-state index contributed by atoms with van der Waals surface area (Å²) in [6.45, 7) is 4.30. The molecular formula is C12H17N3O3. The zero-order valence-corrected chi connectivity index (χ0v) is 10.7. The molecule has 1 heterocycles. The van der Waals surface area contributed by atoms with E-state index in [2.05, 4.69) is 10.3 Å². The first-order valence-corrected chi connectivity index (χ1v) is 5.64. The molecule has 1 amide bonds. The van der Waals surface area contributed by atoms with Crippen molar-refractivity contribution < 1.29 is 14.7 Å². The molecular weight excluding hydrogens is 234 g/mol. The molecule has 0 radical (unpaired) electrons. The van der Waals surface area contributed by atoms with Crippen molar-refractivity contribution >= 4 is 17.7 Å². The summed E-state index contributed by atoms with van der Waals surface area (Å²) in [6.07, 6.45) is 0. The molecule has 0 bridgehead atoms. The number of carboxylic acids is 1. The van der Waals surface area contributed by atoms with Crippen LogP contribution in [0.25, 0.3) is 0 Å². The maximum atomic E-state index is 11.5. The van der Waals surface area contributed by atoms with Gasteiger partial charge in [-0.3, -0.25) is 4.79 Å². The van der Waals surface area contributed by atoms with E-state index in [9.17, 15) is 9.59 Å². The minimum atomic E-state index is -1.01. The number of pyridine rings is 1. The van der Waals surface area contributed by atoms with Crippen LogP contribution in [0.3, 0.4) is 0 Å². The number of aryl methyl sites for hydroxylation is 1. The fourth-order valence-corrected chi connectivity index (χ4v) is 1.36. The lowest BCUT2D eigenvalue weighted by molar-refractivity contribution is -0.127. The second-order valence-electron chi connectivity index (χ2n) is 3.90. The first-order valence-electron chi connectivity index (χ1n) is 5.64. The Morgan fingerprint density at radius 1 is 1.44 bits per heavy atom. The van der Waals surface area contributed by atoms with Gasteiger partial charge in [0.2, 0.25) is 5.91 Å². The summed E-state index contributed by atoms with van der Waals surface area (Å²) in [6, 6.07) is 3.02. The number of carboxylic acid groups (broad SMARTS) is 1. The zero-order chi connectivity index (χ0) is 13.7. The van der Waals surface area contributed by atoms with Crippen LogP contribution >= 0.6 is 0 Å². The minimum Gasteiger partial charge on any atom is -0.478 e. The Morgan fingerprint density at radius 2 is 2.11 bits per heavy atom. The van der Waals surface area contributed by atoms with Gasteiger partial charge in [-0.05, 0) is 26.0 Å². The zero-order valence-electron chi connectivity index (χ0n) is 10.7. The Kier molecular flexibility index (Phi) is 4.65. The number of hydrogen-bond acceptors (Lipinski definition) is 4. The van der Waals surface area contributed by atoms with E-state index in [1.807, 2.05) is 6.92 Å². The van der Waals surface area contributed by atoms with Gasteiger partial charge in [0, 0.05) is 13.6 Å². The lowest BCUT2D eigenvalue weighted by Gasteiger charge is -2.15. The van der Waals surface area contributed by atoms with Crippen LogP contribution in [-0.2, 0) is 4.79 Å². The van der Waals surface area contributed by atoms with Crippen molar-refractivity contribution in [3.63, 3.8) is 0 Å². The van der Waals surface area contributed by atoms with Gasteiger partial charge in [0.05, 0.1) is 17.8 Å². The SMILES string of the molecule is CCN(C)C(=O)CNc1ccc(C(=O)O)c(C)n1. The third kappa shape index (κ3) is 3.44. The van der Waals surface area contributed by atoms with Crippen molar-refractivity contribution in [1.82, 2.24) is 9.88 Å². The van der Waals surface area contributed by atoms with Gasteiger partial charge in [0.15, 0.2) is 0 Å². The van der Waals surface area contributed by atoms with Crippen molar-refractivity contribution in [2.45, 2.75) is 13.8 Å². The topological polar surface area (TPSA) is 82.5 Å². The molecule has 0 saturated carbocycles. The molecule has 1 rings (SSSR count). The number of anilines is 1. The molecule has 6 nitrogen and oxygen atoms in total. The standard InChI is InChI=1S/C12H17N3O3/c1-4-15(3)11(16)7-13-10-6-5-9(12(17)18)8(2)14-10/h5-6H,4,7H2,1-3H3,(H,13,14)(H,17,18). The van der Waals surface area contributed by atoms with E-state index in [4.69, 9.17) is 5.11 Å². The van der Waals surface area contributed by atoms with Gasteiger partial charge in [-0.15, -0.1) is 0 Å². The molecule has 0 aromatic carbocycles. The predicted molar refractivity (Wildman–Crippen MR) is 67.7 cm³/mol. The summed E-state index contributed by atoms with van der Waals surface area (Å²) in [5.41, 5.74) is 0.585. The van der Waals surface area contributed by atoms with Crippen LogP contribution in [0.1, 0.15) is 23.0 Å². The van der Waals surface area contributed by atoms with Gasteiger partial charge < -0.3 is 15.3 Å². The number of rotatable bonds is 5. The maximum absolute atomic E-state index is 11.5. The first-order chi connectivity index (χ1) is 8.45. The van der Waals surface area contributed by atoms with Gasteiger partial charge in [-0.1, -0.05) is 0 Å². The molecule has 0 fully saturated rings. The molecule has 2 N–H and O–H groups in total. The Labute approximate surface area is 106 Å². The molecule has 0 atom stereocenters. The van der Waals surface area contributed by atoms with E-state index in [0.29, 0.717) is 18.1 Å². The highest BCUT2D eigenvalue weighted by Gasteiger charge is 2.10. The predicted octanol–water partition coefficient (Wildman–Crippen LogP) is 0.978. The second kappa shape index (κ2) is 6.00. The fourth-order valence-electron chi connectivity index (χ4n) is 1.36. The Hall–Kier alpha value is -2.11. The van der Waals surface area contributed by atoms with Crippen molar-refractivity contribution in [2.24, 2.45) is 0 Å². The summed E-state index contributed by atoms with van der Waals surface area (Å²) < 4.78 is 0. The molecule has 18 heavy (non-hydrogen) atoms. The summed E-state index contributed by atoms with van der Waals surface area (Å²) in [5, 5.41) is 11.7. The summed E-state index contributed by atoms with van der Waals surface area (Å²) in [7, 11) is 1.72. The van der Waals surface area contributed by atoms with E-state index in [0.717, 1.165) is 0 Å². The lowest BCUT2D eigenvalue weighted by Crippen LogP contribution is -2.32. The number of aromatic carboxylic acids is 1. The average Bonchev–Trinajstić information content (AvgIpc) is 2.34. The number of nitrogens with one attached hydrogen (secondary N) is 1. The number of carbonyl (C=O) groups is 2. The number of hydrogen-bond donors (Lipinski definition) is 2. The number of carbonyl (C=O) groups excluding carboxylic acids is 1. The third-order valence-electron chi connectivity index (χ3n) is 2.64. The van der Waals surface area contributed by atoms with Crippen LogP contribution < -0.4 is 5.32 Å². The van der Waals surface area contributed by atoms with Gasteiger partial charge in [-0.25, -0.2) is 9.78 Å². The first kappa shape index (κ1) is 14.0. The number of amides is 1. The Morgan fingerprint density at radius 3 is 2.61 bits per heavy atom. The largest absolute Gasteiger partial charge is 0.478 e. The van der Waals surface area contributed by atoms with Crippen molar-refractivity contribution in [3.8, 4) is 0 Å². The highest BCUT2D eigenvalue weighted by atomic mass is 16.4. The van der Waals surface area contributed by atoms with Crippen LogP contribution in [0.4, 0.5) is 5.82 Å². The number of likely N-dealkylation sites (N-methyl/N-ethyl adjacent to an activating group) is 1. The van der Waals surface area contributed by atoms with Crippen LogP contribution in [0.5, 0.6) is 0 Å². The van der Waals surface area contributed by atoms with E-state index < -0.39 is 5.97 Å². The quantitative estimate of drug-likeness (QED) is 0.815. The average molecular weight is 251 g/mol. The van der Waals surface area contributed by atoms with Gasteiger partial charge >= 0.3 is 5.97 Å². The smallest absolute Gasteiger partial charge is 0.337 e. The minimum absolute atomic E-state index is 0.0423. The summed E-state index contributed by atoms with van der Waals surface area (Å²) >= 11 is 0. The van der Waals surface area contributed by atoms with E-state index in [-0.39, 0.29) is 18.0 Å². The van der Waals surface area contributed by atoms with Crippen LogP contribution in [-0.4, -0.2) is 47.0 Å². The Balaban J connectivity index is 2.67. The number of nitrogens with zero attached hydrogens (tertiary/aromatic N) is 2. The highest BCUT2D eigenvalue weighted by Crippen LogP contribution is 2.10. The molecule has 98 valence electrons. The molecule has 6 heteroatoms. The van der Waals surface area contributed by atoms with Crippen molar-refractivity contribution in [1.29, 1.82) is 0 Å². The van der Waals surface area contributed by atoms with E-state index in [1.165, 1.54) is 6.07 Å². The van der Waals surface area contributed by atoms with Gasteiger partial charge in [0.25, 0.3) is 0 Å². The second-order valence-corrected chi connectivity index (χ2v) is 3.90. The van der Waals surface area contributed by atoms with Crippen LogP contribution in [0.15, 0.2) is 12.1 Å². The molecule has 1 aromatic heterocycles. The molecule has 1 aromatic rings. The molecule has 0 aliphatic rings. The maximum Gasteiger partial charge on any atom is 0.337 e. The summed E-state index contributed by atoms with van der Waals surface area (Å²) in [5.74, 6) is -0.553. The molecule has 0 saturated heterocycles. The van der Waals surface area contributed by atoms with Crippen molar-refractivity contribution in [3.05, 3.63) is 23.4 Å². The molecule has 0 unspecified atom stereocenters. The van der Waals surface area contributed by atoms with Crippen molar-refractivity contribution in [2.75, 3.05) is 25.5 Å². The monoisotopic (exact) mass is 251 g/mol.